The summed E-state index contributed by atoms with van der Waals surface area (Å²) in [5.41, 5.74) is 2.09. The summed E-state index contributed by atoms with van der Waals surface area (Å²) in [6.07, 6.45) is 3.99. The van der Waals surface area contributed by atoms with Crippen molar-refractivity contribution >= 4 is 23.5 Å². The Morgan fingerprint density at radius 3 is 2.92 bits per heavy atom. The summed E-state index contributed by atoms with van der Waals surface area (Å²) in [6, 6.07) is 8.45. The molecule has 1 aliphatic rings. The molecule has 2 atom stereocenters. The number of thioether (sulfide) groups is 1. The molecule has 0 bridgehead atoms. The summed E-state index contributed by atoms with van der Waals surface area (Å²) in [7, 11) is 2.01. The molecule has 1 saturated heterocycles. The Morgan fingerprint density at radius 2 is 2.21 bits per heavy atom. The lowest BCUT2D eigenvalue weighted by molar-refractivity contribution is 0.153. The van der Waals surface area contributed by atoms with Gasteiger partial charge in [-0.1, -0.05) is 18.2 Å². The number of urea groups is 1. The zero-order chi connectivity index (χ0) is 17.5. The van der Waals surface area contributed by atoms with Gasteiger partial charge < -0.3 is 15.3 Å². The van der Waals surface area contributed by atoms with Gasteiger partial charge in [-0.05, 0) is 50.5 Å². The number of hydrogen-bond acceptors (Lipinski definition) is 4. The minimum atomic E-state index is -0.0287. The van der Waals surface area contributed by atoms with Gasteiger partial charge in [0.05, 0.1) is 6.61 Å². The van der Waals surface area contributed by atoms with Crippen LogP contribution in [0.3, 0.4) is 0 Å². The molecule has 0 spiro atoms. The highest BCUT2D eigenvalue weighted by molar-refractivity contribution is 7.98. The third-order valence-electron chi connectivity index (χ3n) is 4.83. The van der Waals surface area contributed by atoms with Gasteiger partial charge >= 0.3 is 6.03 Å². The number of carbonyl (C=O) groups is 1. The molecule has 134 valence electrons. The molecule has 1 fully saturated rings. The van der Waals surface area contributed by atoms with Crippen LogP contribution < -0.4 is 5.32 Å². The van der Waals surface area contributed by atoms with Crippen LogP contribution in [0.5, 0.6) is 0 Å². The van der Waals surface area contributed by atoms with Crippen LogP contribution in [0.4, 0.5) is 10.5 Å². The predicted octanol–water partition coefficient (Wildman–Crippen LogP) is 2.51. The van der Waals surface area contributed by atoms with E-state index >= 15 is 0 Å². The fourth-order valence-corrected chi connectivity index (χ4v) is 3.81. The molecule has 1 aromatic carbocycles. The van der Waals surface area contributed by atoms with E-state index in [1.165, 1.54) is 5.56 Å². The molecule has 0 aromatic heterocycles. The van der Waals surface area contributed by atoms with Crippen molar-refractivity contribution < 1.29 is 9.90 Å². The Hall–Kier alpha value is -1.24. The van der Waals surface area contributed by atoms with Crippen LogP contribution in [-0.4, -0.2) is 71.8 Å². The van der Waals surface area contributed by atoms with E-state index in [-0.39, 0.29) is 18.7 Å². The van der Waals surface area contributed by atoms with E-state index < -0.39 is 0 Å². The first-order valence-corrected chi connectivity index (χ1v) is 9.93. The minimum Gasteiger partial charge on any atom is -0.395 e. The first-order chi connectivity index (χ1) is 11.6. The smallest absolute Gasteiger partial charge is 0.322 e. The van der Waals surface area contributed by atoms with Gasteiger partial charge in [0.1, 0.15) is 0 Å². The molecule has 0 unspecified atom stereocenters. The van der Waals surface area contributed by atoms with Crippen molar-refractivity contribution in [2.45, 2.75) is 31.8 Å². The molecule has 6 heteroatoms. The van der Waals surface area contributed by atoms with Crippen molar-refractivity contribution in [2.75, 3.05) is 44.1 Å². The molecule has 1 heterocycles. The zero-order valence-electron chi connectivity index (χ0n) is 14.9. The number of para-hydroxylation sites is 1. The Bertz CT molecular complexity index is 541. The molecule has 1 aromatic rings. The van der Waals surface area contributed by atoms with Gasteiger partial charge in [0.15, 0.2) is 0 Å². The first kappa shape index (κ1) is 19.1. The molecule has 0 aliphatic carbocycles. The van der Waals surface area contributed by atoms with Crippen LogP contribution in [0.1, 0.15) is 18.9 Å². The second-order valence-electron chi connectivity index (χ2n) is 6.32. The lowest BCUT2D eigenvalue weighted by atomic mass is 10.1. The normalized spacial score (nSPS) is 20.6. The maximum atomic E-state index is 12.7. The number of carbonyl (C=O) groups excluding carboxylic acids is 1. The number of aryl methyl sites for hydroxylation is 1. The van der Waals surface area contributed by atoms with Crippen LogP contribution >= 0.6 is 11.8 Å². The summed E-state index contributed by atoms with van der Waals surface area (Å²) < 4.78 is 0. The van der Waals surface area contributed by atoms with Crippen LogP contribution in [0.2, 0.25) is 0 Å². The summed E-state index contributed by atoms with van der Waals surface area (Å²) in [4.78, 5) is 16.8. The SMILES string of the molecule is CSCCc1ccccc1NC(=O)N1CC[C@@H](N(C)CCO)[C@H]1C. The third-order valence-corrected chi connectivity index (χ3v) is 5.44. The van der Waals surface area contributed by atoms with Crippen molar-refractivity contribution in [3.8, 4) is 0 Å². The molecule has 24 heavy (non-hydrogen) atoms. The number of nitrogens with one attached hydrogen (secondary N) is 1. The summed E-state index contributed by atoms with van der Waals surface area (Å²) >= 11 is 1.81. The minimum absolute atomic E-state index is 0.0287. The maximum Gasteiger partial charge on any atom is 0.322 e. The molecule has 2 rings (SSSR count). The van der Waals surface area contributed by atoms with Crippen molar-refractivity contribution in [3.63, 3.8) is 0 Å². The van der Waals surface area contributed by atoms with E-state index in [0.29, 0.717) is 12.6 Å². The second-order valence-corrected chi connectivity index (χ2v) is 7.31. The topological polar surface area (TPSA) is 55.8 Å². The Kier molecular flexibility index (Phi) is 7.40. The van der Waals surface area contributed by atoms with Gasteiger partial charge in [0, 0.05) is 30.9 Å². The van der Waals surface area contributed by atoms with Crippen molar-refractivity contribution in [3.05, 3.63) is 29.8 Å². The average Bonchev–Trinajstić information content (AvgIpc) is 2.96. The Morgan fingerprint density at radius 1 is 1.46 bits per heavy atom. The molecule has 2 amide bonds. The summed E-state index contributed by atoms with van der Waals surface area (Å²) in [5, 5.41) is 12.2. The Balaban J connectivity index is 2.00. The van der Waals surface area contributed by atoms with Crippen LogP contribution in [0.15, 0.2) is 24.3 Å². The van der Waals surface area contributed by atoms with E-state index in [1.807, 2.05) is 41.9 Å². The number of aliphatic hydroxyl groups excluding tert-OH is 1. The lowest BCUT2D eigenvalue weighted by Gasteiger charge is -2.30. The number of likely N-dealkylation sites (tertiary alicyclic amines) is 1. The highest BCUT2D eigenvalue weighted by Gasteiger charge is 2.35. The molecule has 0 radical (unpaired) electrons. The maximum absolute atomic E-state index is 12.7. The lowest BCUT2D eigenvalue weighted by Crippen LogP contribution is -2.45. The van der Waals surface area contributed by atoms with Gasteiger partial charge in [-0.3, -0.25) is 4.90 Å². The van der Waals surface area contributed by atoms with Crippen molar-refractivity contribution in [1.82, 2.24) is 9.80 Å². The number of likely N-dealkylation sites (N-methyl/N-ethyl adjacent to an activating group) is 1. The van der Waals surface area contributed by atoms with Gasteiger partial charge in [-0.25, -0.2) is 4.79 Å². The standard InChI is InChI=1S/C18H29N3O2S/c1-14-17(20(2)11-12-22)8-10-21(14)18(23)19-16-7-5-4-6-15(16)9-13-24-3/h4-7,14,17,22H,8-13H2,1-3H3,(H,19,23)/t14-,17-/m1/s1. The summed E-state index contributed by atoms with van der Waals surface area (Å²) in [5.74, 6) is 1.04. The van der Waals surface area contributed by atoms with Crippen molar-refractivity contribution in [2.24, 2.45) is 0 Å². The quantitative estimate of drug-likeness (QED) is 0.792. The molecular formula is C18H29N3O2S. The highest BCUT2D eigenvalue weighted by Crippen LogP contribution is 2.24. The fourth-order valence-electron chi connectivity index (χ4n) is 3.38. The van der Waals surface area contributed by atoms with Crippen LogP contribution in [-0.2, 0) is 6.42 Å². The highest BCUT2D eigenvalue weighted by atomic mass is 32.2. The van der Waals surface area contributed by atoms with E-state index in [1.54, 1.807) is 0 Å². The number of rotatable bonds is 7. The number of hydrogen-bond donors (Lipinski definition) is 2. The monoisotopic (exact) mass is 351 g/mol. The number of benzene rings is 1. The number of nitrogens with zero attached hydrogens (tertiary/aromatic N) is 2. The van der Waals surface area contributed by atoms with Gasteiger partial charge in [0.25, 0.3) is 0 Å². The number of aliphatic hydroxyl groups is 1. The third kappa shape index (κ3) is 4.65. The average molecular weight is 352 g/mol. The predicted molar refractivity (Wildman–Crippen MR) is 102 cm³/mol. The van der Waals surface area contributed by atoms with E-state index in [0.717, 1.165) is 30.8 Å². The van der Waals surface area contributed by atoms with E-state index in [9.17, 15) is 4.79 Å². The fraction of sp³-hybridized carbons (Fsp3) is 0.611. The summed E-state index contributed by atoms with van der Waals surface area (Å²) in [6.45, 7) is 3.63. The molecule has 2 N–H and O–H groups in total. The second kappa shape index (κ2) is 9.30. The van der Waals surface area contributed by atoms with Crippen LogP contribution in [0.25, 0.3) is 0 Å². The number of anilines is 1. The largest absolute Gasteiger partial charge is 0.395 e. The molecule has 5 nitrogen and oxygen atoms in total. The number of amides is 2. The van der Waals surface area contributed by atoms with E-state index in [4.69, 9.17) is 5.11 Å². The molecule has 1 aliphatic heterocycles. The van der Waals surface area contributed by atoms with Gasteiger partial charge in [-0.2, -0.15) is 11.8 Å². The molecule has 0 saturated carbocycles. The van der Waals surface area contributed by atoms with Crippen molar-refractivity contribution in [1.29, 1.82) is 0 Å². The van der Waals surface area contributed by atoms with Gasteiger partial charge in [0.2, 0.25) is 0 Å². The first-order valence-electron chi connectivity index (χ1n) is 8.54. The van der Waals surface area contributed by atoms with E-state index in [2.05, 4.69) is 29.5 Å². The van der Waals surface area contributed by atoms with Gasteiger partial charge in [-0.15, -0.1) is 0 Å². The Labute approximate surface area is 149 Å². The zero-order valence-corrected chi connectivity index (χ0v) is 15.7. The molecular weight excluding hydrogens is 322 g/mol. The van der Waals surface area contributed by atoms with Crippen LogP contribution in [0, 0.1) is 0 Å².